The van der Waals surface area contributed by atoms with Crippen molar-refractivity contribution in [2.45, 2.75) is 0 Å². The zero-order chi connectivity index (χ0) is 17.4. The van der Waals surface area contributed by atoms with Crippen molar-refractivity contribution < 1.29 is 0 Å². The van der Waals surface area contributed by atoms with Crippen LogP contribution < -0.4 is 15.4 Å². The molecule has 0 aliphatic carbocycles. The Balaban J connectivity index is 1.57. The summed E-state index contributed by atoms with van der Waals surface area (Å²) in [6.45, 7) is 3.15. The number of hydrogen-bond acceptors (Lipinski definition) is 5. The van der Waals surface area contributed by atoms with Gasteiger partial charge in [0, 0.05) is 39.3 Å². The van der Waals surface area contributed by atoms with E-state index in [1.165, 1.54) is 0 Å². The van der Waals surface area contributed by atoms with Crippen molar-refractivity contribution >= 4 is 22.4 Å². The van der Waals surface area contributed by atoms with Gasteiger partial charge >= 0.3 is 0 Å². The van der Waals surface area contributed by atoms with Crippen molar-refractivity contribution in [1.29, 1.82) is 5.26 Å². The molecule has 1 fully saturated rings. The summed E-state index contributed by atoms with van der Waals surface area (Å²) in [5.74, 6) is 0.814. The van der Waals surface area contributed by atoms with Crippen molar-refractivity contribution in [1.82, 2.24) is 14.8 Å². The topological polar surface area (TPSA) is 81.0 Å². The molecule has 0 amide bonds. The minimum absolute atomic E-state index is 0.113. The van der Waals surface area contributed by atoms with Crippen LogP contribution in [0.5, 0.6) is 0 Å². The highest BCUT2D eigenvalue weighted by Gasteiger charge is 2.20. The van der Waals surface area contributed by atoms with Crippen molar-refractivity contribution in [2.75, 3.05) is 36.0 Å². The van der Waals surface area contributed by atoms with Gasteiger partial charge in [0.25, 0.3) is 5.56 Å². The maximum Gasteiger partial charge on any atom is 0.260 e. The van der Waals surface area contributed by atoms with Crippen LogP contribution in [0.1, 0.15) is 5.56 Å². The monoisotopic (exact) mass is 334 g/mol. The van der Waals surface area contributed by atoms with Crippen molar-refractivity contribution in [3.05, 3.63) is 52.4 Å². The van der Waals surface area contributed by atoms with Gasteiger partial charge in [-0.25, -0.2) is 0 Å². The number of fused-ring (bicyclic) bond motifs is 1. The molecule has 0 spiro atoms. The molecule has 0 unspecified atom stereocenters. The number of anilines is 2. The largest absolute Gasteiger partial charge is 0.367 e. The van der Waals surface area contributed by atoms with Gasteiger partial charge in [0.1, 0.15) is 11.9 Å². The fraction of sp³-hybridized carbons (Fsp3) is 0.278. The average molecular weight is 334 g/mol. The second kappa shape index (κ2) is 5.98. The molecule has 1 aromatic carbocycles. The summed E-state index contributed by atoms with van der Waals surface area (Å²) in [5.41, 5.74) is 2.38. The maximum atomic E-state index is 12.2. The molecule has 1 N–H and O–H groups in total. The molecule has 25 heavy (non-hydrogen) atoms. The SMILES string of the molecule is Cn1ncc2c(=O)[nH]c(N3CCN(c4ccccc4C#N)CC3)cc21. The van der Waals surface area contributed by atoms with Crippen molar-refractivity contribution in [2.24, 2.45) is 7.05 Å². The highest BCUT2D eigenvalue weighted by atomic mass is 16.1. The Morgan fingerprint density at radius 2 is 1.88 bits per heavy atom. The summed E-state index contributed by atoms with van der Waals surface area (Å²) in [5, 5.41) is 14.0. The molecule has 7 heteroatoms. The van der Waals surface area contributed by atoms with Crippen LogP contribution in [0.2, 0.25) is 0 Å². The summed E-state index contributed by atoms with van der Waals surface area (Å²) in [6.07, 6.45) is 1.59. The van der Waals surface area contributed by atoms with Crippen LogP contribution in [0.4, 0.5) is 11.5 Å². The first-order valence-electron chi connectivity index (χ1n) is 8.21. The Kier molecular flexibility index (Phi) is 3.65. The first-order chi connectivity index (χ1) is 12.2. The van der Waals surface area contributed by atoms with Gasteiger partial charge in [0.05, 0.1) is 28.4 Å². The molecule has 1 aliphatic heterocycles. The minimum atomic E-state index is -0.113. The van der Waals surface area contributed by atoms with Crippen LogP contribution in [0.15, 0.2) is 41.3 Å². The predicted molar refractivity (Wildman–Crippen MR) is 96.9 cm³/mol. The number of aromatic nitrogens is 3. The molecular formula is C18H18N6O. The summed E-state index contributed by atoms with van der Waals surface area (Å²) >= 11 is 0. The van der Waals surface area contributed by atoms with Gasteiger partial charge in [-0.1, -0.05) is 12.1 Å². The molecule has 0 atom stereocenters. The van der Waals surface area contributed by atoms with Crippen LogP contribution in [0.25, 0.3) is 10.9 Å². The van der Waals surface area contributed by atoms with Gasteiger partial charge in [-0.3, -0.25) is 9.48 Å². The third-order valence-corrected chi connectivity index (χ3v) is 4.73. The van der Waals surface area contributed by atoms with Crippen LogP contribution in [0, 0.1) is 11.3 Å². The van der Waals surface area contributed by atoms with Crippen molar-refractivity contribution in [3.8, 4) is 6.07 Å². The number of piperazine rings is 1. The fourth-order valence-corrected chi connectivity index (χ4v) is 3.34. The molecule has 126 valence electrons. The zero-order valence-corrected chi connectivity index (χ0v) is 13.9. The van der Waals surface area contributed by atoms with E-state index in [4.69, 9.17) is 0 Å². The van der Waals surface area contributed by atoms with E-state index in [0.29, 0.717) is 10.9 Å². The Bertz CT molecular complexity index is 1020. The van der Waals surface area contributed by atoms with Crippen molar-refractivity contribution in [3.63, 3.8) is 0 Å². The van der Waals surface area contributed by atoms with E-state index in [-0.39, 0.29) is 5.56 Å². The number of nitrogens with one attached hydrogen (secondary N) is 1. The third-order valence-electron chi connectivity index (χ3n) is 4.73. The number of nitrogens with zero attached hydrogens (tertiary/aromatic N) is 5. The molecule has 3 aromatic rings. The molecule has 0 bridgehead atoms. The number of rotatable bonds is 2. The fourth-order valence-electron chi connectivity index (χ4n) is 3.34. The number of para-hydroxylation sites is 1. The maximum absolute atomic E-state index is 12.2. The summed E-state index contributed by atoms with van der Waals surface area (Å²) < 4.78 is 1.72. The van der Waals surface area contributed by atoms with E-state index < -0.39 is 0 Å². The van der Waals surface area contributed by atoms with E-state index in [1.807, 2.05) is 37.4 Å². The summed E-state index contributed by atoms with van der Waals surface area (Å²) in [4.78, 5) is 19.6. The van der Waals surface area contributed by atoms with Gasteiger partial charge in [-0.15, -0.1) is 0 Å². The van der Waals surface area contributed by atoms with Crippen LogP contribution in [-0.4, -0.2) is 40.9 Å². The molecule has 2 aromatic heterocycles. The number of benzene rings is 1. The average Bonchev–Trinajstić information content (AvgIpc) is 3.03. The zero-order valence-electron chi connectivity index (χ0n) is 13.9. The normalized spacial score (nSPS) is 14.7. The molecule has 4 rings (SSSR count). The third kappa shape index (κ3) is 2.62. The van der Waals surface area contributed by atoms with Gasteiger partial charge in [0.2, 0.25) is 0 Å². The van der Waals surface area contributed by atoms with Gasteiger partial charge in [-0.2, -0.15) is 10.4 Å². The molecule has 1 aliphatic rings. The first-order valence-corrected chi connectivity index (χ1v) is 8.21. The summed E-state index contributed by atoms with van der Waals surface area (Å²) in [6, 6.07) is 11.9. The molecular weight excluding hydrogens is 316 g/mol. The highest BCUT2D eigenvalue weighted by Crippen LogP contribution is 2.23. The second-order valence-corrected chi connectivity index (χ2v) is 6.15. The quantitative estimate of drug-likeness (QED) is 0.767. The van der Waals surface area contributed by atoms with Gasteiger partial charge in [-0.05, 0) is 12.1 Å². The van der Waals surface area contributed by atoms with Crippen LogP contribution in [-0.2, 0) is 7.05 Å². The minimum Gasteiger partial charge on any atom is -0.367 e. The second-order valence-electron chi connectivity index (χ2n) is 6.15. The lowest BCUT2D eigenvalue weighted by molar-refractivity contribution is 0.646. The van der Waals surface area contributed by atoms with Gasteiger partial charge in [0.15, 0.2) is 0 Å². The number of hydrogen-bond donors (Lipinski definition) is 1. The lowest BCUT2D eigenvalue weighted by atomic mass is 10.1. The van der Waals surface area contributed by atoms with E-state index in [9.17, 15) is 10.1 Å². The predicted octanol–water partition coefficient (Wildman–Crippen LogP) is 1.46. The molecule has 0 radical (unpaired) electrons. The first kappa shape index (κ1) is 15.3. The Hall–Kier alpha value is -3.27. The van der Waals surface area contributed by atoms with Crippen LogP contribution in [0.3, 0.4) is 0 Å². The highest BCUT2D eigenvalue weighted by molar-refractivity contribution is 5.80. The number of pyridine rings is 1. The van der Waals surface area contributed by atoms with E-state index >= 15 is 0 Å². The smallest absolute Gasteiger partial charge is 0.260 e. The molecule has 1 saturated heterocycles. The molecule has 3 heterocycles. The van der Waals surface area contributed by atoms with Crippen LogP contribution >= 0.6 is 0 Å². The standard InChI is InChI=1S/C18H18N6O/c1-22-16-10-17(21-18(25)14(16)12-20-22)24-8-6-23(7-9-24)15-5-3-2-4-13(15)11-19/h2-5,10,12H,6-9H2,1H3,(H,21,25). The lowest BCUT2D eigenvalue weighted by Crippen LogP contribution is -2.47. The molecule has 7 nitrogen and oxygen atoms in total. The number of H-pyrrole nitrogens is 1. The number of nitriles is 1. The van der Waals surface area contributed by atoms with Gasteiger partial charge < -0.3 is 14.8 Å². The Morgan fingerprint density at radius 3 is 2.64 bits per heavy atom. The van der Waals surface area contributed by atoms with E-state index in [2.05, 4.69) is 26.0 Å². The Morgan fingerprint density at radius 1 is 1.16 bits per heavy atom. The molecule has 0 saturated carbocycles. The van der Waals surface area contributed by atoms with E-state index in [0.717, 1.165) is 43.2 Å². The van der Waals surface area contributed by atoms with E-state index in [1.54, 1.807) is 10.9 Å². The lowest BCUT2D eigenvalue weighted by Gasteiger charge is -2.37. The summed E-state index contributed by atoms with van der Waals surface area (Å²) in [7, 11) is 1.84. The Labute approximate surface area is 144 Å². The number of aryl methyl sites for hydroxylation is 1. The number of aromatic amines is 1.